The van der Waals surface area contributed by atoms with Crippen molar-refractivity contribution in [2.45, 2.75) is 31.9 Å². The Kier molecular flexibility index (Phi) is 4.69. The summed E-state index contributed by atoms with van der Waals surface area (Å²) < 4.78 is 0. The summed E-state index contributed by atoms with van der Waals surface area (Å²) in [5.41, 5.74) is 1.04. The average molecular weight is 274 g/mol. The number of halogens is 2. The van der Waals surface area contributed by atoms with Crippen LogP contribution in [0.4, 0.5) is 0 Å². The van der Waals surface area contributed by atoms with Crippen molar-refractivity contribution >= 4 is 23.2 Å². The van der Waals surface area contributed by atoms with Crippen LogP contribution in [-0.4, -0.2) is 17.8 Å². The molecule has 0 bridgehead atoms. The normalized spacial score (nSPS) is 24.2. The third-order valence-corrected chi connectivity index (χ3v) is 3.94. The molecule has 0 spiro atoms. The summed E-state index contributed by atoms with van der Waals surface area (Å²) in [7, 11) is 0. The summed E-state index contributed by atoms with van der Waals surface area (Å²) >= 11 is 11.9. The van der Waals surface area contributed by atoms with Gasteiger partial charge in [-0.15, -0.1) is 0 Å². The van der Waals surface area contributed by atoms with Gasteiger partial charge in [-0.2, -0.15) is 0 Å². The van der Waals surface area contributed by atoms with Gasteiger partial charge in [0, 0.05) is 23.1 Å². The number of aliphatic hydroxyl groups excluding tert-OH is 1. The predicted molar refractivity (Wildman–Crippen MR) is 71.5 cm³/mol. The lowest BCUT2D eigenvalue weighted by Crippen LogP contribution is -2.27. The molecule has 0 amide bonds. The molecule has 0 aliphatic heterocycles. The zero-order valence-electron chi connectivity index (χ0n) is 9.63. The molecule has 0 saturated heterocycles. The molecular weight excluding hydrogens is 257 g/mol. The highest BCUT2D eigenvalue weighted by Crippen LogP contribution is 2.25. The van der Waals surface area contributed by atoms with E-state index in [-0.39, 0.29) is 6.10 Å². The van der Waals surface area contributed by atoms with Crippen molar-refractivity contribution in [1.29, 1.82) is 0 Å². The fourth-order valence-electron chi connectivity index (χ4n) is 2.31. The third kappa shape index (κ3) is 3.59. The van der Waals surface area contributed by atoms with E-state index >= 15 is 0 Å². The second-order valence-electron chi connectivity index (χ2n) is 4.62. The first-order valence-electron chi connectivity index (χ1n) is 5.99. The number of hydrogen-bond donors (Lipinski definition) is 2. The zero-order valence-corrected chi connectivity index (χ0v) is 11.1. The fraction of sp³-hybridized carbons (Fsp3) is 0.538. The molecule has 94 valence electrons. The van der Waals surface area contributed by atoms with E-state index in [1.54, 1.807) is 6.07 Å². The number of aliphatic hydroxyl groups is 1. The lowest BCUT2D eigenvalue weighted by Gasteiger charge is -2.15. The van der Waals surface area contributed by atoms with Gasteiger partial charge in [-0.25, -0.2) is 0 Å². The standard InChI is InChI=1S/C13H17Cl2NO/c14-11-5-4-9(12(15)6-11)7-16-8-10-2-1-3-13(10)17/h4-6,10,13,16-17H,1-3,7-8H2. The molecule has 1 aromatic rings. The van der Waals surface area contributed by atoms with Gasteiger partial charge in [-0.05, 0) is 36.5 Å². The van der Waals surface area contributed by atoms with Gasteiger partial charge in [0.15, 0.2) is 0 Å². The minimum absolute atomic E-state index is 0.136. The number of hydrogen-bond acceptors (Lipinski definition) is 2. The van der Waals surface area contributed by atoms with Gasteiger partial charge in [0.1, 0.15) is 0 Å². The Balaban J connectivity index is 1.81. The molecule has 1 aliphatic carbocycles. The van der Waals surface area contributed by atoms with E-state index in [4.69, 9.17) is 23.2 Å². The number of benzene rings is 1. The maximum Gasteiger partial charge on any atom is 0.0580 e. The van der Waals surface area contributed by atoms with Gasteiger partial charge in [0.05, 0.1) is 6.10 Å². The van der Waals surface area contributed by atoms with Crippen LogP contribution in [-0.2, 0) is 6.54 Å². The first-order valence-corrected chi connectivity index (χ1v) is 6.75. The van der Waals surface area contributed by atoms with Crippen LogP contribution in [0.25, 0.3) is 0 Å². The predicted octanol–water partition coefficient (Wildman–Crippen LogP) is 3.24. The molecule has 1 fully saturated rings. The van der Waals surface area contributed by atoms with E-state index < -0.39 is 0 Å². The maximum absolute atomic E-state index is 9.69. The summed E-state index contributed by atoms with van der Waals surface area (Å²) in [4.78, 5) is 0. The lowest BCUT2D eigenvalue weighted by molar-refractivity contribution is 0.131. The quantitative estimate of drug-likeness (QED) is 0.883. The van der Waals surface area contributed by atoms with E-state index in [0.29, 0.717) is 16.0 Å². The Hall–Kier alpha value is -0.280. The zero-order chi connectivity index (χ0) is 12.3. The number of nitrogens with one attached hydrogen (secondary N) is 1. The molecule has 0 aromatic heterocycles. The van der Waals surface area contributed by atoms with Crippen LogP contribution in [0.3, 0.4) is 0 Å². The van der Waals surface area contributed by atoms with Gasteiger partial charge in [-0.1, -0.05) is 35.7 Å². The van der Waals surface area contributed by atoms with Crippen LogP contribution >= 0.6 is 23.2 Å². The Bertz CT molecular complexity index is 384. The summed E-state index contributed by atoms with van der Waals surface area (Å²) in [6.07, 6.45) is 3.05. The van der Waals surface area contributed by atoms with Gasteiger partial charge >= 0.3 is 0 Å². The first kappa shape index (κ1) is 13.2. The smallest absolute Gasteiger partial charge is 0.0580 e. The van der Waals surface area contributed by atoms with Gasteiger partial charge in [0.25, 0.3) is 0 Å². The molecule has 1 aromatic carbocycles. The highest BCUT2D eigenvalue weighted by molar-refractivity contribution is 6.35. The van der Waals surface area contributed by atoms with Crippen molar-refractivity contribution in [1.82, 2.24) is 5.32 Å². The molecule has 1 aliphatic rings. The van der Waals surface area contributed by atoms with E-state index in [1.807, 2.05) is 12.1 Å². The van der Waals surface area contributed by atoms with Crippen LogP contribution in [0.1, 0.15) is 24.8 Å². The molecule has 1 saturated carbocycles. The van der Waals surface area contributed by atoms with Crippen molar-refractivity contribution in [3.63, 3.8) is 0 Å². The minimum atomic E-state index is -0.136. The van der Waals surface area contributed by atoms with E-state index in [0.717, 1.165) is 37.9 Å². The maximum atomic E-state index is 9.69. The summed E-state index contributed by atoms with van der Waals surface area (Å²) in [6, 6.07) is 5.53. The SMILES string of the molecule is OC1CCCC1CNCc1ccc(Cl)cc1Cl. The molecule has 4 heteroatoms. The topological polar surface area (TPSA) is 32.3 Å². The van der Waals surface area contributed by atoms with Gasteiger partial charge in [-0.3, -0.25) is 0 Å². The highest BCUT2D eigenvalue weighted by atomic mass is 35.5. The van der Waals surface area contributed by atoms with Crippen molar-refractivity contribution in [2.24, 2.45) is 5.92 Å². The summed E-state index contributed by atoms with van der Waals surface area (Å²) in [5.74, 6) is 0.390. The van der Waals surface area contributed by atoms with E-state index in [9.17, 15) is 5.11 Å². The Morgan fingerprint density at radius 3 is 2.76 bits per heavy atom. The molecule has 2 unspecified atom stereocenters. The second kappa shape index (κ2) is 6.05. The van der Waals surface area contributed by atoms with Crippen molar-refractivity contribution in [3.8, 4) is 0 Å². The van der Waals surface area contributed by atoms with Gasteiger partial charge < -0.3 is 10.4 Å². The summed E-state index contributed by atoms with van der Waals surface area (Å²) in [6.45, 7) is 1.57. The fourth-order valence-corrected chi connectivity index (χ4v) is 2.79. The van der Waals surface area contributed by atoms with Crippen LogP contribution < -0.4 is 5.32 Å². The second-order valence-corrected chi connectivity index (χ2v) is 5.47. The number of rotatable bonds is 4. The monoisotopic (exact) mass is 273 g/mol. The molecule has 17 heavy (non-hydrogen) atoms. The molecular formula is C13H17Cl2NO. The molecule has 2 atom stereocenters. The van der Waals surface area contributed by atoms with Crippen LogP contribution in [0, 0.1) is 5.92 Å². The Morgan fingerprint density at radius 1 is 1.29 bits per heavy atom. The van der Waals surface area contributed by atoms with Crippen molar-refractivity contribution < 1.29 is 5.11 Å². The van der Waals surface area contributed by atoms with E-state index in [2.05, 4.69) is 5.32 Å². The minimum Gasteiger partial charge on any atom is -0.393 e. The largest absolute Gasteiger partial charge is 0.393 e. The molecule has 0 radical (unpaired) electrons. The molecule has 2 nitrogen and oxygen atoms in total. The first-order chi connectivity index (χ1) is 8.16. The van der Waals surface area contributed by atoms with E-state index in [1.165, 1.54) is 0 Å². The van der Waals surface area contributed by atoms with Crippen LogP contribution in [0.15, 0.2) is 18.2 Å². The Morgan fingerprint density at radius 2 is 2.12 bits per heavy atom. The van der Waals surface area contributed by atoms with Crippen LogP contribution in [0.2, 0.25) is 10.0 Å². The molecule has 2 N–H and O–H groups in total. The van der Waals surface area contributed by atoms with Crippen LogP contribution in [0.5, 0.6) is 0 Å². The highest BCUT2D eigenvalue weighted by Gasteiger charge is 2.24. The lowest BCUT2D eigenvalue weighted by atomic mass is 10.1. The third-order valence-electron chi connectivity index (χ3n) is 3.36. The molecule has 0 heterocycles. The van der Waals surface area contributed by atoms with Crippen molar-refractivity contribution in [3.05, 3.63) is 33.8 Å². The average Bonchev–Trinajstić information content (AvgIpc) is 2.68. The molecule has 2 rings (SSSR count). The summed E-state index contributed by atoms with van der Waals surface area (Å²) in [5, 5.41) is 14.4. The Labute approximate surface area is 112 Å². The van der Waals surface area contributed by atoms with Gasteiger partial charge in [0.2, 0.25) is 0 Å². The van der Waals surface area contributed by atoms with Crippen molar-refractivity contribution in [2.75, 3.05) is 6.54 Å².